The van der Waals surface area contributed by atoms with Gasteiger partial charge in [0.25, 0.3) is 0 Å². The van der Waals surface area contributed by atoms with Crippen LogP contribution in [-0.4, -0.2) is 96.7 Å². The molecule has 0 rings (SSSR count). The molecule has 0 aliphatic rings. The molecule has 100 heavy (non-hydrogen) atoms. The maximum absolute atomic E-state index is 13.1. The topological polar surface area (TPSA) is 237 Å². The van der Waals surface area contributed by atoms with Crippen LogP contribution in [0.4, 0.5) is 0 Å². The molecule has 0 bridgehead atoms. The molecule has 0 saturated heterocycles. The molecule has 0 aromatic rings. The van der Waals surface area contributed by atoms with Gasteiger partial charge in [0, 0.05) is 19.3 Å². The second-order valence-electron chi connectivity index (χ2n) is 24.5. The molecule has 0 radical (unpaired) electrons. The van der Waals surface area contributed by atoms with E-state index in [2.05, 4.69) is 161 Å². The second-order valence-corrected chi connectivity index (χ2v) is 27.4. The zero-order valence-corrected chi connectivity index (χ0v) is 63.6. The smallest absolute Gasteiger partial charge is 0.462 e. The number of ether oxygens (including phenoxy) is 4. The van der Waals surface area contributed by atoms with Crippen molar-refractivity contribution in [1.82, 2.24) is 0 Å². The van der Waals surface area contributed by atoms with Crippen LogP contribution in [0.1, 0.15) is 272 Å². The fourth-order valence-corrected chi connectivity index (χ4v) is 10.9. The molecule has 0 heterocycles. The first-order chi connectivity index (χ1) is 48.7. The van der Waals surface area contributed by atoms with Crippen molar-refractivity contribution >= 4 is 39.5 Å². The van der Waals surface area contributed by atoms with Crippen molar-refractivity contribution in [2.75, 3.05) is 39.6 Å². The lowest BCUT2D eigenvalue weighted by atomic mass is 10.1. The van der Waals surface area contributed by atoms with Crippen LogP contribution < -0.4 is 0 Å². The third-order valence-electron chi connectivity index (χ3n) is 15.0. The van der Waals surface area contributed by atoms with Crippen LogP contribution in [0.3, 0.4) is 0 Å². The van der Waals surface area contributed by atoms with Gasteiger partial charge in [0.05, 0.1) is 32.8 Å². The Bertz CT molecular complexity index is 2520. The largest absolute Gasteiger partial charge is 0.472 e. The van der Waals surface area contributed by atoms with Gasteiger partial charge in [0.1, 0.15) is 19.3 Å². The molecule has 0 aliphatic heterocycles. The average molecular weight is 1440 g/mol. The van der Waals surface area contributed by atoms with Crippen molar-refractivity contribution in [3.05, 3.63) is 158 Å². The lowest BCUT2D eigenvalue weighted by molar-refractivity contribution is -0.161. The van der Waals surface area contributed by atoms with E-state index in [-0.39, 0.29) is 25.7 Å². The Balaban J connectivity index is 5.45. The van der Waals surface area contributed by atoms with Crippen molar-refractivity contribution in [1.29, 1.82) is 0 Å². The Morgan fingerprint density at radius 3 is 0.950 bits per heavy atom. The van der Waals surface area contributed by atoms with E-state index in [1.165, 1.54) is 25.7 Å². The molecule has 0 aromatic heterocycles. The normalized spacial score (nSPS) is 14.8. The van der Waals surface area contributed by atoms with Gasteiger partial charge >= 0.3 is 39.5 Å². The van der Waals surface area contributed by atoms with Crippen LogP contribution in [0, 0.1) is 0 Å². The molecular formula is C81H132O17P2. The molecule has 3 N–H and O–H groups in total. The number of unbranched alkanes of at least 4 members (excludes halogenated alkanes) is 18. The third kappa shape index (κ3) is 71.1. The highest BCUT2D eigenvalue weighted by atomic mass is 31.2. The molecule has 5 atom stereocenters. The lowest BCUT2D eigenvalue weighted by Crippen LogP contribution is -2.30. The van der Waals surface area contributed by atoms with Gasteiger partial charge in [-0.3, -0.25) is 37.3 Å². The highest BCUT2D eigenvalue weighted by Gasteiger charge is 2.30. The Morgan fingerprint density at radius 1 is 0.300 bits per heavy atom. The predicted octanol–water partition coefficient (Wildman–Crippen LogP) is 21.7. The van der Waals surface area contributed by atoms with E-state index in [9.17, 15) is 43.2 Å². The van der Waals surface area contributed by atoms with Gasteiger partial charge in [-0.1, -0.05) is 256 Å². The van der Waals surface area contributed by atoms with Gasteiger partial charge in [0.15, 0.2) is 12.2 Å². The number of rotatable bonds is 69. The monoisotopic (exact) mass is 1440 g/mol. The highest BCUT2D eigenvalue weighted by Crippen LogP contribution is 2.45. The average Bonchev–Trinajstić information content (AvgIpc) is 0.935. The number of aliphatic hydroxyl groups is 1. The maximum Gasteiger partial charge on any atom is 0.472 e. The van der Waals surface area contributed by atoms with E-state index >= 15 is 0 Å². The summed E-state index contributed by atoms with van der Waals surface area (Å²) < 4.78 is 68.3. The van der Waals surface area contributed by atoms with Crippen molar-refractivity contribution in [2.45, 2.75) is 290 Å². The van der Waals surface area contributed by atoms with E-state index in [1.54, 1.807) is 6.08 Å². The summed E-state index contributed by atoms with van der Waals surface area (Å²) in [6.07, 6.45) is 82.7. The number of allylic oxidation sites excluding steroid dienone is 25. The van der Waals surface area contributed by atoms with E-state index < -0.39 is 97.5 Å². The summed E-state index contributed by atoms with van der Waals surface area (Å²) in [5.41, 5.74) is 0. The van der Waals surface area contributed by atoms with Crippen LogP contribution in [0.25, 0.3) is 0 Å². The van der Waals surface area contributed by atoms with Crippen molar-refractivity contribution in [3.63, 3.8) is 0 Å². The minimum Gasteiger partial charge on any atom is -0.462 e. The Kier molecular flexibility index (Phi) is 68.2. The summed E-state index contributed by atoms with van der Waals surface area (Å²) in [5, 5.41) is 10.6. The zero-order chi connectivity index (χ0) is 73.2. The molecular weight excluding hydrogens is 1310 g/mol. The van der Waals surface area contributed by atoms with Crippen molar-refractivity contribution < 1.29 is 80.2 Å². The SMILES string of the molecule is CC/C=C\C/C=C\C/C=C\C/C=C\C/C=C\CCCCCC(=O)OCC(COP(=O)(O)OCC(O)COP(=O)(O)OCC(COC(=O)C/C=C\C/C=C\C/C=C\C/C=C\C/C=C\CC)OC(=O)CCCCCCC/C=C\CCCCCC)OC(=O)CCCCCCC/C=C\C/C=C\CCC. The predicted molar refractivity (Wildman–Crippen MR) is 408 cm³/mol. The number of esters is 4. The van der Waals surface area contributed by atoms with Gasteiger partial charge in [-0.15, -0.1) is 0 Å². The number of hydrogen-bond donors (Lipinski definition) is 3. The summed E-state index contributed by atoms with van der Waals surface area (Å²) in [6, 6.07) is 0. The number of carbonyl (C=O) groups excluding carboxylic acids is 4. The summed E-state index contributed by atoms with van der Waals surface area (Å²) in [5.74, 6) is -2.40. The van der Waals surface area contributed by atoms with Gasteiger partial charge in [-0.25, -0.2) is 9.13 Å². The van der Waals surface area contributed by atoms with E-state index in [1.807, 2.05) is 18.2 Å². The Hall–Kier alpha value is -5.32. The first kappa shape index (κ1) is 94.7. The number of carbonyl (C=O) groups is 4. The number of phosphoric acid groups is 2. The quantitative estimate of drug-likeness (QED) is 0.0169. The summed E-state index contributed by atoms with van der Waals surface area (Å²) >= 11 is 0. The molecule has 0 fully saturated rings. The Labute approximate surface area is 604 Å². The van der Waals surface area contributed by atoms with Crippen LogP contribution in [0.2, 0.25) is 0 Å². The standard InChI is InChI=1S/C81H132O17P2/c1-5-9-13-17-21-25-29-33-35-36-37-38-40-44-46-50-54-58-62-66-79(84)92-72-77(98-81(86)68-64-60-56-52-48-42-32-28-24-20-16-12-8-4)74-96-100(89,90)94-70-75(82)69-93-99(87,88)95-73-76(97-80(85)67-63-59-55-51-47-41-31-27-23-19-15-11-7-3)71-91-78(83)65-61-57-53-49-45-43-39-34-30-26-22-18-14-10-6-2/h9-10,13-14,16,20-22,25-28,31-35,37-39,44-46,49,57,61,75-77,82H,5-8,11-12,15,17-19,23-24,29-30,36,40-43,47-48,50-56,58-60,62-74H2,1-4H3,(H,87,88)(H,89,90)/b13-9-,14-10-,20-16-,25-21-,26-22-,31-27-,32-28-,35-33-,38-37-,39-34-,46-44-,49-45-,61-57-. The Morgan fingerprint density at radius 2 is 0.580 bits per heavy atom. The van der Waals surface area contributed by atoms with E-state index in [0.29, 0.717) is 25.7 Å². The first-order valence-electron chi connectivity index (χ1n) is 37.7. The molecule has 5 unspecified atom stereocenters. The molecule has 17 nitrogen and oxygen atoms in total. The molecule has 0 amide bonds. The summed E-state index contributed by atoms with van der Waals surface area (Å²) in [6.45, 7) is 4.36. The number of phosphoric ester groups is 2. The van der Waals surface area contributed by atoms with Crippen molar-refractivity contribution in [3.8, 4) is 0 Å². The summed E-state index contributed by atoms with van der Waals surface area (Å²) in [7, 11) is -10.00. The van der Waals surface area contributed by atoms with Crippen LogP contribution in [-0.2, 0) is 65.4 Å². The lowest BCUT2D eigenvalue weighted by Gasteiger charge is -2.21. The minimum atomic E-state index is -5.00. The molecule has 0 aromatic carbocycles. The first-order valence-corrected chi connectivity index (χ1v) is 40.7. The van der Waals surface area contributed by atoms with Gasteiger partial charge in [-0.2, -0.15) is 0 Å². The van der Waals surface area contributed by atoms with Crippen LogP contribution >= 0.6 is 15.6 Å². The number of hydrogen-bond acceptors (Lipinski definition) is 15. The summed E-state index contributed by atoms with van der Waals surface area (Å²) in [4.78, 5) is 72.7. The number of aliphatic hydroxyl groups excluding tert-OH is 1. The van der Waals surface area contributed by atoms with E-state index in [4.69, 9.17) is 37.0 Å². The van der Waals surface area contributed by atoms with Gasteiger partial charge in [0.2, 0.25) is 0 Å². The second kappa shape index (κ2) is 72.0. The fraction of sp³-hybridized carbons (Fsp3) is 0.630. The van der Waals surface area contributed by atoms with Gasteiger partial charge < -0.3 is 33.8 Å². The molecule has 0 spiro atoms. The maximum atomic E-state index is 13.1. The fourth-order valence-electron chi connectivity index (χ4n) is 9.29. The van der Waals surface area contributed by atoms with Crippen LogP contribution in [0.5, 0.6) is 0 Å². The highest BCUT2D eigenvalue weighted by molar-refractivity contribution is 7.47. The molecule has 568 valence electrons. The van der Waals surface area contributed by atoms with Crippen molar-refractivity contribution in [2.24, 2.45) is 0 Å². The zero-order valence-electron chi connectivity index (χ0n) is 61.8. The molecule has 0 saturated carbocycles. The third-order valence-corrected chi connectivity index (χ3v) is 16.9. The molecule has 19 heteroatoms. The van der Waals surface area contributed by atoms with E-state index in [0.717, 1.165) is 167 Å². The van der Waals surface area contributed by atoms with Gasteiger partial charge in [-0.05, 0) is 148 Å². The molecule has 0 aliphatic carbocycles. The minimum absolute atomic E-state index is 0.0601. The van der Waals surface area contributed by atoms with Crippen LogP contribution in [0.15, 0.2) is 158 Å².